The van der Waals surface area contributed by atoms with Crippen molar-refractivity contribution in [1.29, 1.82) is 0 Å². The lowest BCUT2D eigenvalue weighted by molar-refractivity contribution is 0.0940. The smallest absolute Gasteiger partial charge is 0.316 e. The van der Waals surface area contributed by atoms with Crippen LogP contribution in [0.3, 0.4) is 0 Å². The van der Waals surface area contributed by atoms with E-state index in [2.05, 4.69) is 16.0 Å². The number of nitrogens with two attached hydrogens (primary N) is 1. The summed E-state index contributed by atoms with van der Waals surface area (Å²) in [5.41, 5.74) is 6.19. The molecule has 2 aromatic rings. The number of urea groups is 1. The molecule has 6 nitrogen and oxygen atoms in total. The molecule has 0 radical (unpaired) electrons. The fourth-order valence-electron chi connectivity index (χ4n) is 2.96. The number of anilines is 1. The van der Waals surface area contributed by atoms with Gasteiger partial charge in [-0.3, -0.25) is 4.79 Å². The molecule has 8 heteroatoms. The number of hydrogen-bond donors (Lipinski definition) is 4. The van der Waals surface area contributed by atoms with Crippen LogP contribution in [0.5, 0.6) is 0 Å². The molecular weight excluding hydrogens is 355 g/mol. The van der Waals surface area contributed by atoms with Gasteiger partial charge in [0.05, 0.1) is 5.69 Å². The van der Waals surface area contributed by atoms with Gasteiger partial charge in [-0.1, -0.05) is 18.6 Å². The maximum absolute atomic E-state index is 13.5. The zero-order chi connectivity index (χ0) is 18.5. The Balaban J connectivity index is 1.86. The number of carbonyl (C=O) groups excluding carboxylic acids is 2. The van der Waals surface area contributed by atoms with Gasteiger partial charge in [0.2, 0.25) is 0 Å². The van der Waals surface area contributed by atoms with Crippen molar-refractivity contribution in [3.63, 3.8) is 0 Å². The van der Waals surface area contributed by atoms with Crippen LogP contribution in [0.1, 0.15) is 28.9 Å². The van der Waals surface area contributed by atoms with Crippen molar-refractivity contribution in [3.05, 3.63) is 41.0 Å². The maximum Gasteiger partial charge on any atom is 0.316 e. The molecule has 1 saturated heterocycles. The SMILES string of the molecule is NC(=O)Nc1cc(-c2cccc(F)c2)sc1C(=O)N[C@H]1CCCCNC1. The maximum atomic E-state index is 13.5. The summed E-state index contributed by atoms with van der Waals surface area (Å²) < 4.78 is 13.5. The van der Waals surface area contributed by atoms with Crippen LogP contribution in [-0.4, -0.2) is 31.1 Å². The van der Waals surface area contributed by atoms with Gasteiger partial charge >= 0.3 is 6.03 Å². The van der Waals surface area contributed by atoms with Gasteiger partial charge in [0.1, 0.15) is 10.7 Å². The van der Waals surface area contributed by atoms with E-state index in [-0.39, 0.29) is 17.8 Å². The Morgan fingerprint density at radius 1 is 1.27 bits per heavy atom. The normalized spacial score (nSPS) is 17.3. The van der Waals surface area contributed by atoms with E-state index in [0.29, 0.717) is 27.5 Å². The minimum atomic E-state index is -0.751. The van der Waals surface area contributed by atoms with Crippen LogP contribution >= 0.6 is 11.3 Å². The summed E-state index contributed by atoms with van der Waals surface area (Å²) in [6, 6.07) is 7.01. The minimum Gasteiger partial charge on any atom is -0.351 e. The van der Waals surface area contributed by atoms with Crippen LogP contribution in [0.2, 0.25) is 0 Å². The molecule has 1 fully saturated rings. The first-order chi connectivity index (χ1) is 12.5. The molecule has 0 unspecified atom stereocenters. The number of amides is 3. The van der Waals surface area contributed by atoms with Crippen molar-refractivity contribution in [3.8, 4) is 10.4 Å². The van der Waals surface area contributed by atoms with Crippen molar-refractivity contribution in [2.75, 3.05) is 18.4 Å². The Morgan fingerprint density at radius 2 is 2.12 bits per heavy atom. The van der Waals surface area contributed by atoms with E-state index < -0.39 is 6.03 Å². The molecule has 3 rings (SSSR count). The second kappa shape index (κ2) is 8.29. The highest BCUT2D eigenvalue weighted by atomic mass is 32.1. The quantitative estimate of drug-likeness (QED) is 0.661. The first kappa shape index (κ1) is 18.3. The lowest BCUT2D eigenvalue weighted by atomic mass is 10.1. The molecule has 0 bridgehead atoms. The number of thiophene rings is 1. The highest BCUT2D eigenvalue weighted by Crippen LogP contribution is 2.35. The fourth-order valence-corrected chi connectivity index (χ4v) is 3.98. The van der Waals surface area contributed by atoms with Crippen LogP contribution in [-0.2, 0) is 0 Å². The minimum absolute atomic E-state index is 0.0335. The first-order valence-corrected chi connectivity index (χ1v) is 9.32. The summed E-state index contributed by atoms with van der Waals surface area (Å²) in [7, 11) is 0. The fraction of sp³-hybridized carbons (Fsp3) is 0.333. The lowest BCUT2D eigenvalue weighted by Gasteiger charge is -2.16. The van der Waals surface area contributed by atoms with Gasteiger partial charge in [-0.05, 0) is 43.1 Å². The molecular formula is C18H21FN4O2S. The van der Waals surface area contributed by atoms with E-state index in [4.69, 9.17) is 5.73 Å². The number of rotatable bonds is 4. The van der Waals surface area contributed by atoms with Gasteiger partial charge < -0.3 is 21.7 Å². The Labute approximate surface area is 155 Å². The summed E-state index contributed by atoms with van der Waals surface area (Å²) in [5, 5.41) is 8.79. The van der Waals surface area contributed by atoms with E-state index in [9.17, 15) is 14.0 Å². The zero-order valence-corrected chi connectivity index (χ0v) is 15.0. The van der Waals surface area contributed by atoms with E-state index in [1.165, 1.54) is 23.5 Å². The highest BCUT2D eigenvalue weighted by Gasteiger charge is 2.21. The third-order valence-corrected chi connectivity index (χ3v) is 5.37. The van der Waals surface area contributed by atoms with Crippen LogP contribution in [0.15, 0.2) is 30.3 Å². The molecule has 1 atom stereocenters. The van der Waals surface area contributed by atoms with E-state index in [1.807, 2.05) is 0 Å². The highest BCUT2D eigenvalue weighted by molar-refractivity contribution is 7.18. The molecule has 0 saturated carbocycles. The largest absolute Gasteiger partial charge is 0.351 e. The van der Waals surface area contributed by atoms with Gasteiger partial charge in [-0.15, -0.1) is 11.3 Å². The number of carbonyl (C=O) groups is 2. The van der Waals surface area contributed by atoms with E-state index in [1.54, 1.807) is 18.2 Å². The topological polar surface area (TPSA) is 96.2 Å². The molecule has 0 aliphatic carbocycles. The zero-order valence-electron chi connectivity index (χ0n) is 14.2. The second-order valence-corrected chi connectivity index (χ2v) is 7.28. The Hall–Kier alpha value is -2.45. The molecule has 5 N–H and O–H groups in total. The molecule has 138 valence electrons. The average Bonchev–Trinajstić information content (AvgIpc) is 2.83. The molecule has 1 aromatic carbocycles. The van der Waals surface area contributed by atoms with E-state index in [0.717, 1.165) is 25.8 Å². The summed E-state index contributed by atoms with van der Waals surface area (Å²) in [4.78, 5) is 25.1. The van der Waals surface area contributed by atoms with Gasteiger partial charge in [0.15, 0.2) is 0 Å². The van der Waals surface area contributed by atoms with Gasteiger partial charge in [0, 0.05) is 17.5 Å². The van der Waals surface area contributed by atoms with E-state index >= 15 is 0 Å². The molecule has 2 heterocycles. The Kier molecular flexibility index (Phi) is 5.85. The van der Waals surface area contributed by atoms with Crippen molar-refractivity contribution in [2.45, 2.75) is 25.3 Å². The van der Waals surface area contributed by atoms with Crippen LogP contribution in [0.25, 0.3) is 10.4 Å². The summed E-state index contributed by atoms with van der Waals surface area (Å²) in [6.45, 7) is 1.66. The first-order valence-electron chi connectivity index (χ1n) is 8.51. The molecule has 26 heavy (non-hydrogen) atoms. The molecule has 0 spiro atoms. The van der Waals surface area contributed by atoms with Crippen LogP contribution in [0, 0.1) is 5.82 Å². The third kappa shape index (κ3) is 4.59. The number of primary amides is 1. The summed E-state index contributed by atoms with van der Waals surface area (Å²) in [5.74, 6) is -0.633. The summed E-state index contributed by atoms with van der Waals surface area (Å²) >= 11 is 1.20. The number of halogens is 1. The van der Waals surface area contributed by atoms with Crippen LogP contribution in [0.4, 0.5) is 14.9 Å². The van der Waals surface area contributed by atoms with Gasteiger partial charge in [0.25, 0.3) is 5.91 Å². The number of hydrogen-bond acceptors (Lipinski definition) is 4. The molecule has 1 aliphatic rings. The second-order valence-electron chi connectivity index (χ2n) is 6.22. The monoisotopic (exact) mass is 376 g/mol. The van der Waals surface area contributed by atoms with Gasteiger partial charge in [-0.25, -0.2) is 9.18 Å². The number of benzene rings is 1. The lowest BCUT2D eigenvalue weighted by Crippen LogP contribution is -2.40. The predicted octanol–water partition coefficient (Wildman–Crippen LogP) is 2.92. The Morgan fingerprint density at radius 3 is 2.88 bits per heavy atom. The molecule has 3 amide bonds. The Bertz CT molecular complexity index is 800. The third-order valence-electron chi connectivity index (χ3n) is 4.19. The standard InChI is InChI=1S/C18H21FN4O2S/c19-12-5-3-4-11(8-12)15-9-14(23-18(20)25)16(26-15)17(24)22-13-6-1-2-7-21-10-13/h3-5,8-9,13,21H,1-2,6-7,10H2,(H,22,24)(H3,20,23,25)/t13-/m0/s1. The van der Waals surface area contributed by atoms with Gasteiger partial charge in [-0.2, -0.15) is 0 Å². The average molecular weight is 376 g/mol. The molecule has 1 aliphatic heterocycles. The van der Waals surface area contributed by atoms with Crippen molar-refractivity contribution in [2.24, 2.45) is 5.73 Å². The number of nitrogens with one attached hydrogen (secondary N) is 3. The van der Waals surface area contributed by atoms with Crippen molar-refractivity contribution < 1.29 is 14.0 Å². The summed E-state index contributed by atoms with van der Waals surface area (Å²) in [6.07, 6.45) is 3.03. The van der Waals surface area contributed by atoms with Crippen molar-refractivity contribution >= 4 is 29.0 Å². The van der Waals surface area contributed by atoms with Crippen molar-refractivity contribution in [1.82, 2.24) is 10.6 Å². The predicted molar refractivity (Wildman–Crippen MR) is 101 cm³/mol. The molecule has 1 aromatic heterocycles. The van der Waals surface area contributed by atoms with Crippen LogP contribution < -0.4 is 21.7 Å².